The van der Waals surface area contributed by atoms with Gasteiger partial charge in [-0.05, 0) is 43.7 Å². The Balaban J connectivity index is 1.53. The predicted octanol–water partition coefficient (Wildman–Crippen LogP) is 3.79. The van der Waals surface area contributed by atoms with Gasteiger partial charge in [0.05, 0.1) is 43.2 Å². The lowest BCUT2D eigenvalue weighted by Gasteiger charge is -2.30. The second-order valence-electron chi connectivity index (χ2n) is 9.96. The molecule has 43 heavy (non-hydrogen) atoms. The van der Waals surface area contributed by atoms with E-state index >= 15 is 0 Å². The van der Waals surface area contributed by atoms with E-state index in [1.54, 1.807) is 50.2 Å². The molecule has 0 saturated heterocycles. The first kappa shape index (κ1) is 29.0. The second kappa shape index (κ2) is 11.4. The number of nitrogens with zero attached hydrogens (tertiary/aromatic N) is 4. The summed E-state index contributed by atoms with van der Waals surface area (Å²) in [4.78, 5) is 55.6. The van der Waals surface area contributed by atoms with Crippen molar-refractivity contribution in [3.63, 3.8) is 0 Å². The number of nitro groups is 1. The molecule has 5 rings (SSSR count). The maximum Gasteiger partial charge on any atom is 0.308 e. The standard InChI is InChI=1S/C30H28N4O9/c1-16-20(12-19(34(39)40)13-24(16)42-4)30-32(17(2)22-6-5-7-26(35)33(22)30)27(36)15-43-25-11-9-18-8-10-23(41-3)21(14-28(37)38)29(18)31-25/h5-13,17,30H,14-15H2,1-4H3,(H,37,38)/t17-,30-/m0/s1. The zero-order valence-electron chi connectivity index (χ0n) is 23.8. The predicted molar refractivity (Wildman–Crippen MR) is 154 cm³/mol. The maximum absolute atomic E-state index is 13.8. The fraction of sp³-hybridized carbons (Fsp3) is 0.267. The number of non-ortho nitro benzene ring substituents is 1. The Bertz CT molecular complexity index is 1830. The molecule has 222 valence electrons. The Morgan fingerprint density at radius 3 is 2.47 bits per heavy atom. The molecule has 0 spiro atoms. The van der Waals surface area contributed by atoms with Crippen LogP contribution in [0.15, 0.2) is 59.4 Å². The zero-order valence-corrected chi connectivity index (χ0v) is 23.8. The molecule has 13 heteroatoms. The van der Waals surface area contributed by atoms with E-state index in [0.717, 1.165) is 0 Å². The van der Waals surface area contributed by atoms with Gasteiger partial charge < -0.3 is 24.2 Å². The van der Waals surface area contributed by atoms with Crippen LogP contribution in [-0.4, -0.2) is 57.2 Å². The van der Waals surface area contributed by atoms with Crippen molar-refractivity contribution in [2.24, 2.45) is 0 Å². The number of nitro benzene ring substituents is 1. The van der Waals surface area contributed by atoms with Crippen molar-refractivity contribution in [3.05, 3.63) is 97.4 Å². The number of aromatic nitrogens is 2. The minimum atomic E-state index is -1.06. The number of benzene rings is 2. The summed E-state index contributed by atoms with van der Waals surface area (Å²) in [6.45, 7) is 2.98. The van der Waals surface area contributed by atoms with Gasteiger partial charge in [-0.25, -0.2) is 4.98 Å². The van der Waals surface area contributed by atoms with Crippen molar-refractivity contribution in [2.75, 3.05) is 20.8 Å². The number of carboxylic acids is 1. The maximum atomic E-state index is 13.8. The molecule has 0 aliphatic carbocycles. The molecule has 1 amide bonds. The lowest BCUT2D eigenvalue weighted by atomic mass is 10.0. The van der Waals surface area contributed by atoms with Gasteiger partial charge in [0.2, 0.25) is 5.88 Å². The van der Waals surface area contributed by atoms with Crippen molar-refractivity contribution >= 4 is 28.5 Å². The molecule has 3 heterocycles. The number of carboxylic acid groups (broad SMARTS) is 1. The van der Waals surface area contributed by atoms with E-state index in [4.69, 9.17) is 14.2 Å². The number of hydrogen-bond acceptors (Lipinski definition) is 9. The number of carbonyl (C=O) groups excluding carboxylic acids is 1. The summed E-state index contributed by atoms with van der Waals surface area (Å²) in [7, 11) is 2.82. The molecule has 13 nitrogen and oxygen atoms in total. The number of amides is 1. The number of rotatable bonds is 9. The smallest absolute Gasteiger partial charge is 0.308 e. The number of pyridine rings is 2. The monoisotopic (exact) mass is 588 g/mol. The number of carbonyl (C=O) groups is 2. The van der Waals surface area contributed by atoms with Gasteiger partial charge in [-0.15, -0.1) is 0 Å². The molecule has 0 bridgehead atoms. The zero-order chi connectivity index (χ0) is 31.0. The van der Waals surface area contributed by atoms with Gasteiger partial charge in [-0.2, -0.15) is 0 Å². The number of methoxy groups -OCH3 is 2. The molecule has 1 aliphatic heterocycles. The molecule has 2 aromatic heterocycles. The van der Waals surface area contributed by atoms with E-state index in [2.05, 4.69) is 4.98 Å². The van der Waals surface area contributed by atoms with Crippen LogP contribution in [0.3, 0.4) is 0 Å². The SMILES string of the molecule is COc1cc([N+](=O)[O-])cc([C@H]2N(C(=O)COc3ccc4ccc(OC)c(CC(=O)O)c4n3)[C@@H](C)c3cccc(=O)n32)c1C. The average Bonchev–Trinajstić information content (AvgIpc) is 3.28. The Labute approximate surface area is 245 Å². The summed E-state index contributed by atoms with van der Waals surface area (Å²) >= 11 is 0. The van der Waals surface area contributed by atoms with E-state index in [1.807, 2.05) is 0 Å². The third-order valence-electron chi connectivity index (χ3n) is 7.55. The first-order valence-corrected chi connectivity index (χ1v) is 13.2. The Hall–Kier alpha value is -5.46. The van der Waals surface area contributed by atoms with Crippen molar-refractivity contribution in [3.8, 4) is 17.4 Å². The van der Waals surface area contributed by atoms with Crippen LogP contribution in [0.25, 0.3) is 10.9 Å². The van der Waals surface area contributed by atoms with Crippen molar-refractivity contribution in [2.45, 2.75) is 32.5 Å². The summed E-state index contributed by atoms with van der Waals surface area (Å²) in [6, 6.07) is 13.4. The summed E-state index contributed by atoms with van der Waals surface area (Å²) in [5.41, 5.74) is 1.52. The molecular formula is C30H28N4O9. The van der Waals surface area contributed by atoms with Crippen LogP contribution < -0.4 is 19.8 Å². The second-order valence-corrected chi connectivity index (χ2v) is 9.96. The van der Waals surface area contributed by atoms with Crippen molar-refractivity contribution < 1.29 is 33.8 Å². The number of ether oxygens (including phenoxy) is 3. The highest BCUT2D eigenvalue weighted by atomic mass is 16.6. The highest BCUT2D eigenvalue weighted by Crippen LogP contribution is 2.43. The van der Waals surface area contributed by atoms with E-state index in [-0.39, 0.29) is 29.3 Å². The Morgan fingerprint density at radius 2 is 1.79 bits per heavy atom. The van der Waals surface area contributed by atoms with Gasteiger partial charge in [0.15, 0.2) is 6.61 Å². The van der Waals surface area contributed by atoms with E-state index in [9.17, 15) is 29.6 Å². The normalized spacial score (nSPS) is 15.7. The van der Waals surface area contributed by atoms with Gasteiger partial charge in [-0.3, -0.25) is 29.1 Å². The number of fused-ring (bicyclic) bond motifs is 2. The highest BCUT2D eigenvalue weighted by molar-refractivity contribution is 5.88. The quantitative estimate of drug-likeness (QED) is 0.225. The minimum Gasteiger partial charge on any atom is -0.496 e. The van der Waals surface area contributed by atoms with Crippen LogP contribution in [0, 0.1) is 17.0 Å². The molecule has 2 aromatic carbocycles. The van der Waals surface area contributed by atoms with Crippen LogP contribution in [0.1, 0.15) is 41.5 Å². The third kappa shape index (κ3) is 5.20. The van der Waals surface area contributed by atoms with Crippen molar-refractivity contribution in [1.82, 2.24) is 14.5 Å². The lowest BCUT2D eigenvalue weighted by molar-refractivity contribution is -0.385. The van der Waals surface area contributed by atoms with E-state index < -0.39 is 35.6 Å². The fourth-order valence-corrected chi connectivity index (χ4v) is 5.53. The van der Waals surface area contributed by atoms with Gasteiger partial charge in [0, 0.05) is 40.4 Å². The third-order valence-corrected chi connectivity index (χ3v) is 7.55. The molecule has 0 fully saturated rings. The molecule has 1 N–H and O–H groups in total. The summed E-state index contributed by atoms with van der Waals surface area (Å²) < 4.78 is 18.0. The first-order valence-electron chi connectivity index (χ1n) is 13.2. The molecular weight excluding hydrogens is 560 g/mol. The lowest BCUT2D eigenvalue weighted by Crippen LogP contribution is -2.39. The van der Waals surface area contributed by atoms with E-state index in [0.29, 0.717) is 39.0 Å². The van der Waals surface area contributed by atoms with Gasteiger partial charge >= 0.3 is 5.97 Å². The molecule has 4 aromatic rings. The van der Waals surface area contributed by atoms with Gasteiger partial charge in [-0.1, -0.05) is 6.07 Å². The largest absolute Gasteiger partial charge is 0.496 e. The van der Waals surface area contributed by atoms with Crippen LogP contribution >= 0.6 is 0 Å². The minimum absolute atomic E-state index is 0.0759. The van der Waals surface area contributed by atoms with Gasteiger partial charge in [0.1, 0.15) is 17.7 Å². The van der Waals surface area contributed by atoms with Crippen LogP contribution in [-0.2, 0) is 16.0 Å². The highest BCUT2D eigenvalue weighted by Gasteiger charge is 2.42. The summed E-state index contributed by atoms with van der Waals surface area (Å²) in [6.07, 6.45) is -1.35. The van der Waals surface area contributed by atoms with Crippen molar-refractivity contribution in [1.29, 1.82) is 0 Å². The van der Waals surface area contributed by atoms with Crippen LogP contribution in [0.4, 0.5) is 5.69 Å². The summed E-state index contributed by atoms with van der Waals surface area (Å²) in [5.74, 6) is -0.900. The van der Waals surface area contributed by atoms with E-state index in [1.165, 1.54) is 41.9 Å². The number of aliphatic carboxylic acids is 1. The first-order chi connectivity index (χ1) is 20.5. The Morgan fingerprint density at radius 1 is 1.07 bits per heavy atom. The topological polar surface area (TPSA) is 163 Å². The Kier molecular flexibility index (Phi) is 7.72. The van der Waals surface area contributed by atoms with Crippen LogP contribution in [0.5, 0.6) is 17.4 Å². The fourth-order valence-electron chi connectivity index (χ4n) is 5.53. The number of hydrogen-bond donors (Lipinski definition) is 1. The molecule has 0 radical (unpaired) electrons. The molecule has 0 saturated carbocycles. The average molecular weight is 589 g/mol. The molecule has 1 aliphatic rings. The molecule has 0 unspecified atom stereocenters. The van der Waals surface area contributed by atoms with Crippen LogP contribution in [0.2, 0.25) is 0 Å². The van der Waals surface area contributed by atoms with Gasteiger partial charge in [0.25, 0.3) is 17.2 Å². The summed E-state index contributed by atoms with van der Waals surface area (Å²) in [5, 5.41) is 21.8. The molecule has 2 atom stereocenters.